The van der Waals surface area contributed by atoms with E-state index in [0.29, 0.717) is 5.92 Å². The van der Waals surface area contributed by atoms with E-state index >= 15 is 0 Å². The van der Waals surface area contributed by atoms with Crippen LogP contribution in [0.5, 0.6) is 0 Å². The largest absolute Gasteiger partial charge is 0.409 e. The molecule has 1 aliphatic rings. The SMILES string of the molecule is CCCC(C)C1CCC(c2ccc(/C=C/C(F)(F)F)c(F)c2)CC1. The van der Waals surface area contributed by atoms with Crippen LogP contribution in [0.1, 0.15) is 69.4 Å². The van der Waals surface area contributed by atoms with Crippen LogP contribution < -0.4 is 0 Å². The van der Waals surface area contributed by atoms with Crippen molar-refractivity contribution in [2.45, 2.75) is 64.5 Å². The average molecular weight is 342 g/mol. The quantitative estimate of drug-likeness (QED) is 0.500. The second-order valence-corrected chi connectivity index (χ2v) is 7.03. The molecule has 0 aliphatic heterocycles. The lowest BCUT2D eigenvalue weighted by Crippen LogP contribution is -2.19. The molecule has 134 valence electrons. The van der Waals surface area contributed by atoms with Crippen LogP contribution in [0.2, 0.25) is 0 Å². The van der Waals surface area contributed by atoms with Gasteiger partial charge in [0.15, 0.2) is 0 Å². The Balaban J connectivity index is 1.99. The Hall–Kier alpha value is -1.32. The summed E-state index contributed by atoms with van der Waals surface area (Å²) in [4.78, 5) is 0. The van der Waals surface area contributed by atoms with Crippen LogP contribution in [0.4, 0.5) is 17.6 Å². The molecule has 1 aromatic rings. The summed E-state index contributed by atoms with van der Waals surface area (Å²) < 4.78 is 50.6. The molecule has 0 radical (unpaired) electrons. The van der Waals surface area contributed by atoms with Crippen molar-refractivity contribution >= 4 is 6.08 Å². The van der Waals surface area contributed by atoms with Crippen molar-refractivity contribution in [3.8, 4) is 0 Å². The second kappa shape index (κ2) is 8.17. The van der Waals surface area contributed by atoms with Gasteiger partial charge in [-0.3, -0.25) is 0 Å². The first kappa shape index (κ1) is 19.0. The highest BCUT2D eigenvalue weighted by Crippen LogP contribution is 2.40. The molecule has 1 aliphatic carbocycles. The maximum atomic E-state index is 14.1. The summed E-state index contributed by atoms with van der Waals surface area (Å²) in [5, 5.41) is 0. The number of alkyl halides is 3. The van der Waals surface area contributed by atoms with Crippen molar-refractivity contribution < 1.29 is 17.6 Å². The topological polar surface area (TPSA) is 0 Å². The van der Waals surface area contributed by atoms with Crippen molar-refractivity contribution in [3.05, 3.63) is 41.2 Å². The monoisotopic (exact) mass is 342 g/mol. The minimum atomic E-state index is -4.42. The second-order valence-electron chi connectivity index (χ2n) is 7.03. The molecule has 0 bridgehead atoms. The van der Waals surface area contributed by atoms with Crippen molar-refractivity contribution in [1.29, 1.82) is 0 Å². The number of hydrogen-bond donors (Lipinski definition) is 0. The Morgan fingerprint density at radius 1 is 1.17 bits per heavy atom. The highest BCUT2D eigenvalue weighted by molar-refractivity contribution is 5.51. The lowest BCUT2D eigenvalue weighted by Gasteiger charge is -2.32. The Kier molecular flexibility index (Phi) is 6.47. The molecule has 1 atom stereocenters. The third-order valence-electron chi connectivity index (χ3n) is 5.27. The maximum absolute atomic E-state index is 14.1. The van der Waals surface area contributed by atoms with E-state index in [0.717, 1.165) is 49.2 Å². The molecule has 0 saturated heterocycles. The van der Waals surface area contributed by atoms with Crippen LogP contribution in [-0.4, -0.2) is 6.18 Å². The molecular formula is C20H26F4. The molecule has 0 heterocycles. The molecule has 1 saturated carbocycles. The van der Waals surface area contributed by atoms with Crippen molar-refractivity contribution in [2.24, 2.45) is 11.8 Å². The van der Waals surface area contributed by atoms with Crippen molar-refractivity contribution in [3.63, 3.8) is 0 Å². The predicted octanol–water partition coefficient (Wildman–Crippen LogP) is 7.11. The summed E-state index contributed by atoms with van der Waals surface area (Å²) in [6, 6.07) is 4.65. The van der Waals surface area contributed by atoms with Gasteiger partial charge in [0.25, 0.3) is 0 Å². The first-order valence-corrected chi connectivity index (χ1v) is 8.85. The molecule has 0 amide bonds. The first-order valence-electron chi connectivity index (χ1n) is 8.85. The fourth-order valence-electron chi connectivity index (χ4n) is 3.83. The van der Waals surface area contributed by atoms with Crippen LogP contribution in [-0.2, 0) is 0 Å². The van der Waals surface area contributed by atoms with E-state index in [1.165, 1.54) is 25.0 Å². The number of benzene rings is 1. The van der Waals surface area contributed by atoms with E-state index in [-0.39, 0.29) is 11.6 Å². The molecule has 1 fully saturated rings. The van der Waals surface area contributed by atoms with Crippen LogP contribution >= 0.6 is 0 Å². The van der Waals surface area contributed by atoms with E-state index in [1.54, 1.807) is 6.07 Å². The van der Waals surface area contributed by atoms with Gasteiger partial charge in [-0.2, -0.15) is 13.2 Å². The number of halogens is 4. The van der Waals surface area contributed by atoms with Crippen LogP contribution in [0, 0.1) is 17.7 Å². The summed E-state index contributed by atoms with van der Waals surface area (Å²) in [6.45, 7) is 4.52. The number of allylic oxidation sites excluding steroid dienone is 1. The molecular weight excluding hydrogens is 316 g/mol. The zero-order valence-electron chi connectivity index (χ0n) is 14.4. The minimum absolute atomic E-state index is 0.0127. The van der Waals surface area contributed by atoms with Gasteiger partial charge in [0.1, 0.15) is 5.82 Å². The first-order chi connectivity index (χ1) is 11.3. The van der Waals surface area contributed by atoms with Crippen molar-refractivity contribution in [1.82, 2.24) is 0 Å². The lowest BCUT2D eigenvalue weighted by atomic mass is 9.73. The van der Waals surface area contributed by atoms with Gasteiger partial charge in [-0.15, -0.1) is 0 Å². The lowest BCUT2D eigenvalue weighted by molar-refractivity contribution is -0.0790. The van der Waals surface area contributed by atoms with Crippen molar-refractivity contribution in [2.75, 3.05) is 0 Å². The van der Waals surface area contributed by atoms with Gasteiger partial charge >= 0.3 is 6.18 Å². The summed E-state index contributed by atoms with van der Waals surface area (Å²) in [5.74, 6) is 1.24. The minimum Gasteiger partial charge on any atom is -0.206 e. The van der Waals surface area contributed by atoms with Crippen LogP contribution in [0.25, 0.3) is 6.08 Å². The standard InChI is InChI=1S/C20H26F4/c1-3-4-14(2)15-5-7-16(8-6-15)18-10-9-17(19(21)13-18)11-12-20(22,23)24/h9-16H,3-8H2,1-2H3/b12-11+. The van der Waals surface area contributed by atoms with E-state index < -0.39 is 12.0 Å². The Bertz CT molecular complexity index is 551. The molecule has 0 spiro atoms. The smallest absolute Gasteiger partial charge is 0.206 e. The Morgan fingerprint density at radius 2 is 1.83 bits per heavy atom. The molecule has 0 aromatic heterocycles. The van der Waals surface area contributed by atoms with Gasteiger partial charge in [0.05, 0.1) is 0 Å². The van der Waals surface area contributed by atoms with Gasteiger partial charge in [0.2, 0.25) is 0 Å². The Morgan fingerprint density at radius 3 is 2.38 bits per heavy atom. The molecule has 0 nitrogen and oxygen atoms in total. The third kappa shape index (κ3) is 5.35. The molecule has 0 N–H and O–H groups in total. The fraction of sp³-hybridized carbons (Fsp3) is 0.600. The van der Waals surface area contributed by atoms with Gasteiger partial charge in [-0.1, -0.05) is 38.8 Å². The highest BCUT2D eigenvalue weighted by atomic mass is 19.4. The molecule has 2 rings (SSSR count). The summed E-state index contributed by atoms with van der Waals surface area (Å²) in [7, 11) is 0. The highest BCUT2D eigenvalue weighted by Gasteiger charge is 2.26. The van der Waals surface area contributed by atoms with E-state index in [9.17, 15) is 17.6 Å². The summed E-state index contributed by atoms with van der Waals surface area (Å²) in [5.41, 5.74) is 0.902. The molecule has 1 unspecified atom stereocenters. The summed E-state index contributed by atoms with van der Waals surface area (Å²) >= 11 is 0. The van der Waals surface area contributed by atoms with Gasteiger partial charge in [-0.05, 0) is 61.1 Å². The van der Waals surface area contributed by atoms with Crippen LogP contribution in [0.15, 0.2) is 24.3 Å². The molecule has 1 aromatic carbocycles. The number of hydrogen-bond acceptors (Lipinski definition) is 0. The zero-order chi connectivity index (χ0) is 17.7. The normalized spacial score (nSPS) is 23.6. The molecule has 4 heteroatoms. The van der Waals surface area contributed by atoms with Gasteiger partial charge in [0, 0.05) is 11.6 Å². The van der Waals surface area contributed by atoms with Gasteiger partial charge < -0.3 is 0 Å². The van der Waals surface area contributed by atoms with E-state index in [2.05, 4.69) is 13.8 Å². The fourth-order valence-corrected chi connectivity index (χ4v) is 3.83. The average Bonchev–Trinajstić information content (AvgIpc) is 2.53. The third-order valence-corrected chi connectivity index (χ3v) is 5.27. The van der Waals surface area contributed by atoms with Gasteiger partial charge in [-0.25, -0.2) is 4.39 Å². The predicted molar refractivity (Wildman–Crippen MR) is 90.3 cm³/mol. The Labute approximate surface area is 142 Å². The van der Waals surface area contributed by atoms with E-state index in [1.807, 2.05) is 0 Å². The zero-order valence-corrected chi connectivity index (χ0v) is 14.4. The van der Waals surface area contributed by atoms with E-state index in [4.69, 9.17) is 0 Å². The summed E-state index contributed by atoms with van der Waals surface area (Å²) in [6.07, 6.45) is 3.30. The number of rotatable bonds is 5. The van der Waals surface area contributed by atoms with Crippen LogP contribution in [0.3, 0.4) is 0 Å². The molecule has 24 heavy (non-hydrogen) atoms. The maximum Gasteiger partial charge on any atom is 0.409 e.